The Morgan fingerprint density at radius 1 is 1.44 bits per heavy atom. The Kier molecular flexibility index (Phi) is 4.18. The maximum absolute atomic E-state index is 11.7. The molecule has 0 saturated heterocycles. The Morgan fingerprint density at radius 3 is 2.50 bits per heavy atom. The van der Waals surface area contributed by atoms with Crippen molar-refractivity contribution < 1.29 is 4.79 Å². The first-order valence-corrected chi connectivity index (χ1v) is 6.98. The van der Waals surface area contributed by atoms with Gasteiger partial charge in [0, 0.05) is 28.4 Å². The van der Waals surface area contributed by atoms with Crippen LogP contribution in [0.15, 0.2) is 18.2 Å². The van der Waals surface area contributed by atoms with E-state index in [-0.39, 0.29) is 17.7 Å². The molecule has 0 spiro atoms. The highest BCUT2D eigenvalue weighted by Gasteiger charge is 2.38. The van der Waals surface area contributed by atoms with E-state index in [1.807, 2.05) is 25.1 Å². The molecule has 1 saturated carbocycles. The molecule has 1 aliphatic rings. The zero-order valence-electron chi connectivity index (χ0n) is 10.5. The quantitative estimate of drug-likeness (QED) is 0.894. The maximum Gasteiger partial charge on any atom is 0.223 e. The van der Waals surface area contributed by atoms with Gasteiger partial charge in [0.25, 0.3) is 0 Å². The lowest BCUT2D eigenvalue weighted by Gasteiger charge is -2.16. The van der Waals surface area contributed by atoms with Gasteiger partial charge < -0.3 is 5.32 Å². The predicted molar refractivity (Wildman–Crippen MR) is 75.2 cm³/mol. The molecule has 0 aromatic heterocycles. The second-order valence-electron chi connectivity index (χ2n) is 5.10. The van der Waals surface area contributed by atoms with Crippen LogP contribution in [-0.2, 0) is 4.79 Å². The fraction of sp³-hybridized carbons (Fsp3) is 0.500. The van der Waals surface area contributed by atoms with E-state index in [2.05, 4.69) is 12.2 Å². The van der Waals surface area contributed by atoms with E-state index in [4.69, 9.17) is 23.2 Å². The zero-order chi connectivity index (χ0) is 13.3. The Morgan fingerprint density at radius 2 is 2.00 bits per heavy atom. The van der Waals surface area contributed by atoms with Crippen LogP contribution in [0.5, 0.6) is 0 Å². The van der Waals surface area contributed by atoms with Crippen molar-refractivity contribution in [3.05, 3.63) is 33.8 Å². The molecule has 0 aliphatic heterocycles. The van der Waals surface area contributed by atoms with Crippen LogP contribution in [0.4, 0.5) is 0 Å². The highest BCUT2D eigenvalue weighted by molar-refractivity contribution is 6.36. The summed E-state index contributed by atoms with van der Waals surface area (Å²) in [6.45, 7) is 4.69. The standard InChI is InChI=1S/C14H17Cl2NO/c1-8-6-10(8)14(18)17-7-9(2)13-11(15)4-3-5-12(13)16/h3-5,8-10H,6-7H2,1-2H3,(H,17,18)/t8-,9+,10-/m0/s1. The number of carbonyl (C=O) groups is 1. The summed E-state index contributed by atoms with van der Waals surface area (Å²) in [6.07, 6.45) is 1.01. The molecule has 2 nitrogen and oxygen atoms in total. The van der Waals surface area contributed by atoms with Crippen LogP contribution < -0.4 is 5.32 Å². The Balaban J connectivity index is 1.95. The van der Waals surface area contributed by atoms with E-state index >= 15 is 0 Å². The number of hydrogen-bond acceptors (Lipinski definition) is 1. The molecule has 1 aromatic carbocycles. The summed E-state index contributed by atoms with van der Waals surface area (Å²) < 4.78 is 0. The molecular weight excluding hydrogens is 269 g/mol. The molecule has 1 aliphatic carbocycles. The SMILES string of the molecule is C[C@H](CNC(=O)[C@H]1C[C@@H]1C)c1c(Cl)cccc1Cl. The van der Waals surface area contributed by atoms with Gasteiger partial charge in [-0.2, -0.15) is 0 Å². The average Bonchev–Trinajstić information content (AvgIpc) is 3.03. The average molecular weight is 286 g/mol. The van der Waals surface area contributed by atoms with Crippen LogP contribution in [0, 0.1) is 11.8 Å². The third kappa shape index (κ3) is 2.99. The highest BCUT2D eigenvalue weighted by Crippen LogP contribution is 2.38. The summed E-state index contributed by atoms with van der Waals surface area (Å²) in [5.74, 6) is 1.00. The fourth-order valence-electron chi connectivity index (χ4n) is 2.16. The first kappa shape index (κ1) is 13.7. The fourth-order valence-corrected chi connectivity index (χ4v) is 2.93. The van der Waals surface area contributed by atoms with Crippen molar-refractivity contribution in [2.75, 3.05) is 6.54 Å². The second kappa shape index (κ2) is 5.50. The number of halogens is 2. The highest BCUT2D eigenvalue weighted by atomic mass is 35.5. The monoisotopic (exact) mass is 285 g/mol. The summed E-state index contributed by atoms with van der Waals surface area (Å²) in [5.41, 5.74) is 0.907. The lowest BCUT2D eigenvalue weighted by molar-refractivity contribution is -0.122. The molecule has 2 rings (SSSR count). The van der Waals surface area contributed by atoms with Crippen molar-refractivity contribution in [2.24, 2.45) is 11.8 Å². The second-order valence-corrected chi connectivity index (χ2v) is 5.92. The first-order chi connectivity index (χ1) is 8.50. The normalized spacial score (nSPS) is 23.6. The van der Waals surface area contributed by atoms with E-state index in [1.54, 1.807) is 0 Å². The van der Waals surface area contributed by atoms with Gasteiger partial charge in [-0.05, 0) is 30.0 Å². The van der Waals surface area contributed by atoms with Gasteiger partial charge >= 0.3 is 0 Å². The Labute approximate surface area is 118 Å². The first-order valence-electron chi connectivity index (χ1n) is 6.22. The molecule has 0 heterocycles. The molecule has 0 unspecified atom stereocenters. The molecule has 98 valence electrons. The van der Waals surface area contributed by atoms with Crippen molar-refractivity contribution in [1.29, 1.82) is 0 Å². The van der Waals surface area contributed by atoms with Crippen LogP contribution in [0.25, 0.3) is 0 Å². The van der Waals surface area contributed by atoms with Gasteiger partial charge in [0.05, 0.1) is 0 Å². The van der Waals surface area contributed by atoms with E-state index in [9.17, 15) is 4.79 Å². The van der Waals surface area contributed by atoms with Crippen LogP contribution in [0.3, 0.4) is 0 Å². The Hall–Kier alpha value is -0.730. The number of carbonyl (C=O) groups excluding carboxylic acids is 1. The number of amides is 1. The molecule has 1 N–H and O–H groups in total. The summed E-state index contributed by atoms with van der Waals surface area (Å²) in [5, 5.41) is 4.28. The van der Waals surface area contributed by atoms with Crippen molar-refractivity contribution >= 4 is 29.1 Å². The maximum atomic E-state index is 11.7. The van der Waals surface area contributed by atoms with Gasteiger partial charge in [-0.15, -0.1) is 0 Å². The number of hydrogen-bond donors (Lipinski definition) is 1. The minimum absolute atomic E-state index is 0.115. The Bertz CT molecular complexity index is 441. The molecular formula is C14H17Cl2NO. The largest absolute Gasteiger partial charge is 0.355 e. The number of nitrogens with one attached hydrogen (secondary N) is 1. The van der Waals surface area contributed by atoms with E-state index < -0.39 is 0 Å². The van der Waals surface area contributed by atoms with Crippen LogP contribution in [0.1, 0.15) is 31.7 Å². The van der Waals surface area contributed by atoms with Crippen molar-refractivity contribution in [2.45, 2.75) is 26.2 Å². The third-order valence-electron chi connectivity index (χ3n) is 3.52. The van der Waals surface area contributed by atoms with Crippen molar-refractivity contribution in [3.63, 3.8) is 0 Å². The summed E-state index contributed by atoms with van der Waals surface area (Å²) in [6, 6.07) is 5.47. The van der Waals surface area contributed by atoms with Gasteiger partial charge in [0.15, 0.2) is 0 Å². The van der Waals surface area contributed by atoms with Gasteiger partial charge in [-0.1, -0.05) is 43.1 Å². The zero-order valence-corrected chi connectivity index (χ0v) is 12.1. The molecule has 4 heteroatoms. The van der Waals surface area contributed by atoms with Gasteiger partial charge in [0.1, 0.15) is 0 Å². The smallest absolute Gasteiger partial charge is 0.223 e. The predicted octanol–water partition coefficient (Wildman–Crippen LogP) is 3.87. The lowest BCUT2D eigenvalue weighted by Crippen LogP contribution is -2.29. The molecule has 0 radical (unpaired) electrons. The van der Waals surface area contributed by atoms with E-state index in [0.717, 1.165) is 12.0 Å². The molecule has 0 bridgehead atoms. The van der Waals surface area contributed by atoms with Crippen LogP contribution in [0.2, 0.25) is 10.0 Å². The number of benzene rings is 1. The topological polar surface area (TPSA) is 29.1 Å². The molecule has 1 amide bonds. The van der Waals surface area contributed by atoms with Crippen molar-refractivity contribution in [1.82, 2.24) is 5.32 Å². The van der Waals surface area contributed by atoms with E-state index in [1.165, 1.54) is 0 Å². The molecule has 18 heavy (non-hydrogen) atoms. The van der Waals surface area contributed by atoms with Crippen LogP contribution >= 0.6 is 23.2 Å². The van der Waals surface area contributed by atoms with Gasteiger partial charge in [0.2, 0.25) is 5.91 Å². The third-order valence-corrected chi connectivity index (χ3v) is 4.18. The number of rotatable bonds is 4. The van der Waals surface area contributed by atoms with Gasteiger partial charge in [-0.25, -0.2) is 0 Å². The minimum atomic E-state index is 0.115. The molecule has 1 fully saturated rings. The minimum Gasteiger partial charge on any atom is -0.355 e. The van der Waals surface area contributed by atoms with E-state index in [0.29, 0.717) is 22.5 Å². The van der Waals surface area contributed by atoms with Gasteiger partial charge in [-0.3, -0.25) is 4.79 Å². The lowest BCUT2D eigenvalue weighted by atomic mass is 10.0. The summed E-state index contributed by atoms with van der Waals surface area (Å²) in [7, 11) is 0. The van der Waals surface area contributed by atoms with Crippen molar-refractivity contribution in [3.8, 4) is 0 Å². The summed E-state index contributed by atoms with van der Waals surface area (Å²) in [4.78, 5) is 11.7. The molecule has 3 atom stereocenters. The molecule has 1 aromatic rings. The van der Waals surface area contributed by atoms with Crippen LogP contribution in [-0.4, -0.2) is 12.5 Å². The summed E-state index contributed by atoms with van der Waals surface area (Å²) >= 11 is 12.3.